The van der Waals surface area contributed by atoms with Gasteiger partial charge in [-0.1, -0.05) is 238 Å². The van der Waals surface area contributed by atoms with Crippen molar-refractivity contribution >= 4 is 5.57 Å². The summed E-state index contributed by atoms with van der Waals surface area (Å²) in [6.45, 7) is 62.7. The van der Waals surface area contributed by atoms with Crippen LogP contribution in [0.1, 0.15) is 229 Å². The molecule has 64 heavy (non-hydrogen) atoms. The molecule has 0 N–H and O–H groups in total. The van der Waals surface area contributed by atoms with Crippen LogP contribution in [0.15, 0.2) is 77.4 Å². The molecule has 0 spiro atoms. The normalized spacial score (nSPS) is 18.7. The Labute approximate surface area is 396 Å². The summed E-state index contributed by atoms with van der Waals surface area (Å²) in [5.41, 5.74) is 23.0. The van der Waals surface area contributed by atoms with Gasteiger partial charge in [-0.15, -0.1) is 0 Å². The van der Waals surface area contributed by atoms with E-state index in [0.29, 0.717) is 5.92 Å². The Bertz CT molecular complexity index is 2320. The molecular formula is C64H94. The minimum atomic E-state index is -0.0183. The average molecular weight is 863 g/mol. The topological polar surface area (TPSA) is 0 Å². The second-order valence-corrected chi connectivity index (χ2v) is 28.7. The van der Waals surface area contributed by atoms with Crippen molar-refractivity contribution in [2.45, 2.75) is 220 Å². The van der Waals surface area contributed by atoms with E-state index in [2.05, 4.69) is 241 Å². The molecule has 0 saturated carbocycles. The summed E-state index contributed by atoms with van der Waals surface area (Å²) in [4.78, 5) is 0. The number of rotatable bonds is 4. The first-order valence-corrected chi connectivity index (χ1v) is 25.0. The van der Waals surface area contributed by atoms with Gasteiger partial charge in [-0.2, -0.15) is 0 Å². The van der Waals surface area contributed by atoms with E-state index in [1.807, 2.05) is 0 Å². The molecular weight excluding hydrogens is 769 g/mol. The van der Waals surface area contributed by atoms with E-state index in [-0.39, 0.29) is 49.2 Å². The summed E-state index contributed by atoms with van der Waals surface area (Å²) in [5.74, 6) is 0.639. The molecule has 2 unspecified atom stereocenters. The smallest absolute Gasteiger partial charge is 0.00705 e. The van der Waals surface area contributed by atoms with Crippen molar-refractivity contribution in [3.8, 4) is 22.3 Å². The van der Waals surface area contributed by atoms with Crippen molar-refractivity contribution in [2.24, 2.45) is 27.6 Å². The van der Waals surface area contributed by atoms with Crippen molar-refractivity contribution in [2.75, 3.05) is 0 Å². The van der Waals surface area contributed by atoms with Crippen LogP contribution in [0.4, 0.5) is 0 Å². The van der Waals surface area contributed by atoms with Gasteiger partial charge in [0.1, 0.15) is 0 Å². The van der Waals surface area contributed by atoms with Crippen LogP contribution in [0.3, 0.4) is 0 Å². The van der Waals surface area contributed by atoms with Crippen molar-refractivity contribution in [3.63, 3.8) is 0 Å². The van der Waals surface area contributed by atoms with Gasteiger partial charge in [0.25, 0.3) is 0 Å². The van der Waals surface area contributed by atoms with E-state index in [0.717, 1.165) is 12.8 Å². The molecule has 3 aromatic rings. The monoisotopic (exact) mass is 863 g/mol. The molecule has 0 heterocycles. The third kappa shape index (κ3) is 11.1. The van der Waals surface area contributed by atoms with Gasteiger partial charge < -0.3 is 0 Å². The molecule has 0 saturated heterocycles. The van der Waals surface area contributed by atoms with Gasteiger partial charge in [-0.05, 0) is 154 Å². The van der Waals surface area contributed by atoms with Crippen LogP contribution in [0.25, 0.3) is 27.8 Å². The second kappa shape index (κ2) is 16.7. The lowest BCUT2D eigenvalue weighted by molar-refractivity contribution is 0.276. The molecule has 5 rings (SSSR count). The molecule has 0 amide bonds. The highest BCUT2D eigenvalue weighted by atomic mass is 14.4. The molecule has 0 radical (unpaired) electrons. The molecule has 3 aromatic carbocycles. The van der Waals surface area contributed by atoms with Crippen LogP contribution >= 0.6 is 0 Å². The van der Waals surface area contributed by atoms with E-state index < -0.39 is 0 Å². The molecule has 0 aliphatic heterocycles. The van der Waals surface area contributed by atoms with Crippen LogP contribution in [0, 0.1) is 41.4 Å². The molecule has 350 valence electrons. The van der Waals surface area contributed by atoms with Gasteiger partial charge >= 0.3 is 0 Å². The lowest BCUT2D eigenvalue weighted by atomic mass is 9.65. The Kier molecular flexibility index (Phi) is 13.5. The van der Waals surface area contributed by atoms with Crippen molar-refractivity contribution in [1.82, 2.24) is 0 Å². The van der Waals surface area contributed by atoms with E-state index in [9.17, 15) is 0 Å². The Morgan fingerprint density at radius 1 is 0.375 bits per heavy atom. The quantitative estimate of drug-likeness (QED) is 0.245. The summed E-state index contributed by atoms with van der Waals surface area (Å²) < 4.78 is 0. The zero-order chi connectivity index (χ0) is 48.9. The van der Waals surface area contributed by atoms with Gasteiger partial charge in [-0.3, -0.25) is 0 Å². The molecule has 2 aliphatic carbocycles. The predicted molar refractivity (Wildman–Crippen MR) is 287 cm³/mol. The van der Waals surface area contributed by atoms with Crippen molar-refractivity contribution < 1.29 is 0 Å². The van der Waals surface area contributed by atoms with Gasteiger partial charge in [-0.25, -0.2) is 0 Å². The molecule has 0 aromatic heterocycles. The minimum absolute atomic E-state index is 0.0151. The van der Waals surface area contributed by atoms with Gasteiger partial charge in [0, 0.05) is 5.92 Å². The van der Waals surface area contributed by atoms with Crippen LogP contribution in [-0.4, -0.2) is 0 Å². The lowest BCUT2D eigenvalue weighted by Gasteiger charge is -2.39. The molecule has 0 fully saturated rings. The van der Waals surface area contributed by atoms with Gasteiger partial charge in [0.05, 0.1) is 0 Å². The summed E-state index contributed by atoms with van der Waals surface area (Å²) in [6, 6.07) is 15.2. The molecule has 0 nitrogen and oxygen atoms in total. The lowest BCUT2D eigenvalue weighted by Crippen LogP contribution is -2.25. The summed E-state index contributed by atoms with van der Waals surface area (Å²) in [7, 11) is 0. The first-order valence-electron chi connectivity index (χ1n) is 25.0. The molecule has 2 aliphatic rings. The molecule has 2 atom stereocenters. The zero-order valence-electron chi connectivity index (χ0n) is 46.3. The maximum Gasteiger partial charge on any atom is 0.00705 e. The fraction of sp³-hybridized carbons (Fsp3) is 0.594. The van der Waals surface area contributed by atoms with Crippen LogP contribution in [0.2, 0.25) is 0 Å². The molecule has 0 heteroatoms. The van der Waals surface area contributed by atoms with Crippen LogP contribution < -0.4 is 0 Å². The number of allylic oxidation sites excluding steroid dienone is 8. The second-order valence-electron chi connectivity index (χ2n) is 28.7. The first-order chi connectivity index (χ1) is 28.6. The zero-order valence-corrected chi connectivity index (χ0v) is 46.3. The summed E-state index contributed by atoms with van der Waals surface area (Å²) >= 11 is 0. The SMILES string of the molecule is Cc1c(C2=CC(C(C)(C)C)CC(C(C)(C)C)=C2)c(C2C=C(C(C)(C)C)C=C(C(C)(C)C)C2)c(C)c(-c2cc(C(C)(C)C)cc(C(C)(C)C)c2)c1-c1cc(C(C)(C)C)cc(C(C)(C)C)c1. The van der Waals surface area contributed by atoms with Crippen molar-refractivity contribution in [1.29, 1.82) is 0 Å². The summed E-state index contributed by atoms with van der Waals surface area (Å²) in [5, 5.41) is 0. The largest absolute Gasteiger partial charge is 0.0729 e. The maximum absolute atomic E-state index is 2.70. The average Bonchev–Trinajstić information content (AvgIpc) is 3.11. The highest BCUT2D eigenvalue weighted by molar-refractivity contribution is 5.96. The van der Waals surface area contributed by atoms with E-state index in [1.165, 1.54) is 77.9 Å². The number of hydrogen-bond donors (Lipinski definition) is 0. The van der Waals surface area contributed by atoms with Gasteiger partial charge in [0.2, 0.25) is 0 Å². The Hall–Kier alpha value is -3.38. The Balaban J connectivity index is 2.17. The summed E-state index contributed by atoms with van der Waals surface area (Å²) in [6.07, 6.45) is 12.7. The maximum atomic E-state index is 2.70. The van der Waals surface area contributed by atoms with Crippen molar-refractivity contribution in [3.05, 3.63) is 122 Å². The highest BCUT2D eigenvalue weighted by Gasteiger charge is 2.37. The number of hydrogen-bond acceptors (Lipinski definition) is 0. The third-order valence-electron chi connectivity index (χ3n) is 14.8. The third-order valence-corrected chi connectivity index (χ3v) is 14.8. The fourth-order valence-electron chi connectivity index (χ4n) is 9.88. The van der Waals surface area contributed by atoms with E-state index in [1.54, 1.807) is 11.1 Å². The Morgan fingerprint density at radius 2 is 0.750 bits per heavy atom. The van der Waals surface area contributed by atoms with Gasteiger partial charge in [0.15, 0.2) is 0 Å². The highest BCUT2D eigenvalue weighted by Crippen LogP contribution is 2.54. The van der Waals surface area contributed by atoms with Crippen LogP contribution in [-0.2, 0) is 21.7 Å². The number of benzene rings is 3. The standard InChI is InChI=1S/C64H94/c1-39-53(41-27-45(57(3,4)5)35-46(28-41)58(6,7)8)55(43-31-49(61(15,16)17)37-50(32-43)62(18,19)20)40(2)56(44-33-51(63(21,22)23)38-52(34-44)64(24,25)26)54(39)42-29-47(59(9,10)11)36-48(30-42)60(12,13)14/h27-33,35,37-38,44,47H,34,36H2,1-26H3. The Morgan fingerprint density at radius 3 is 1.09 bits per heavy atom. The fourth-order valence-corrected chi connectivity index (χ4v) is 9.88. The minimum Gasteiger partial charge on any atom is -0.0729 e. The predicted octanol–water partition coefficient (Wildman–Crippen LogP) is 19.7. The van der Waals surface area contributed by atoms with E-state index >= 15 is 0 Å². The van der Waals surface area contributed by atoms with E-state index in [4.69, 9.17) is 0 Å². The van der Waals surface area contributed by atoms with Crippen LogP contribution in [0.5, 0.6) is 0 Å². The molecule has 0 bridgehead atoms. The first kappa shape index (κ1) is 51.6.